The highest BCUT2D eigenvalue weighted by Gasteiger charge is 2.26. The molecule has 0 fully saturated rings. The van der Waals surface area contributed by atoms with Crippen molar-refractivity contribution in [3.05, 3.63) is 99.7 Å². The van der Waals surface area contributed by atoms with E-state index >= 15 is 0 Å². The van der Waals surface area contributed by atoms with Crippen LogP contribution in [0.25, 0.3) is 16.5 Å². The van der Waals surface area contributed by atoms with Gasteiger partial charge in [0.05, 0.1) is 17.7 Å². The lowest BCUT2D eigenvalue weighted by molar-refractivity contribution is 0.0527. The molecule has 2 heterocycles. The van der Waals surface area contributed by atoms with Gasteiger partial charge in [0.1, 0.15) is 5.75 Å². The van der Waals surface area contributed by atoms with Crippen LogP contribution in [0.3, 0.4) is 0 Å². The summed E-state index contributed by atoms with van der Waals surface area (Å²) in [6, 6.07) is 18.9. The van der Waals surface area contributed by atoms with Gasteiger partial charge in [-0.2, -0.15) is 0 Å². The fourth-order valence-corrected chi connectivity index (χ4v) is 6.50. The number of hydrogen-bond donors (Lipinski definition) is 1. The Morgan fingerprint density at radius 1 is 1.02 bits per heavy atom. The predicted octanol–water partition coefficient (Wildman–Crippen LogP) is 7.51. The monoisotopic (exact) mass is 554 g/mol. The van der Waals surface area contributed by atoms with Crippen molar-refractivity contribution in [3.63, 3.8) is 0 Å². The molecule has 0 amide bonds. The van der Waals surface area contributed by atoms with Crippen LogP contribution in [-0.2, 0) is 17.0 Å². The summed E-state index contributed by atoms with van der Waals surface area (Å²) in [6.07, 6.45) is 3.06. The number of hydrogen-bond acceptors (Lipinski definition) is 5. The third-order valence-electron chi connectivity index (χ3n) is 7.68. The first kappa shape index (κ1) is 28.1. The van der Waals surface area contributed by atoms with Crippen LogP contribution in [0.1, 0.15) is 57.2 Å². The summed E-state index contributed by atoms with van der Waals surface area (Å²) in [6.45, 7) is 10.8. The number of benzene rings is 3. The SMILES string of the molecule is CCOC(=O)c1c(CSc2ccc(C)cc2C)n(Cc2ccc(C)cc2)c2cc(C3=CCN(C)CC3)c(O)cc12. The van der Waals surface area contributed by atoms with Gasteiger partial charge in [-0.1, -0.05) is 53.6 Å². The van der Waals surface area contributed by atoms with Crippen LogP contribution < -0.4 is 0 Å². The van der Waals surface area contributed by atoms with E-state index in [0.29, 0.717) is 17.9 Å². The van der Waals surface area contributed by atoms with Gasteiger partial charge in [0.25, 0.3) is 0 Å². The predicted molar refractivity (Wildman–Crippen MR) is 165 cm³/mol. The zero-order chi connectivity index (χ0) is 28.4. The molecule has 0 saturated heterocycles. The molecule has 1 aromatic heterocycles. The fourth-order valence-electron chi connectivity index (χ4n) is 5.45. The van der Waals surface area contributed by atoms with Crippen LogP contribution in [-0.4, -0.2) is 47.3 Å². The van der Waals surface area contributed by atoms with Crippen LogP contribution in [0.15, 0.2) is 65.6 Å². The maximum absolute atomic E-state index is 13.5. The summed E-state index contributed by atoms with van der Waals surface area (Å²) in [5, 5.41) is 12.0. The fraction of sp³-hybridized carbons (Fsp3) is 0.324. The summed E-state index contributed by atoms with van der Waals surface area (Å²) in [5.41, 5.74) is 9.19. The minimum atomic E-state index is -0.350. The van der Waals surface area contributed by atoms with E-state index in [9.17, 15) is 9.90 Å². The number of fused-ring (bicyclic) bond motifs is 1. The van der Waals surface area contributed by atoms with E-state index in [1.165, 1.54) is 21.6 Å². The molecule has 1 N–H and O–H groups in total. The van der Waals surface area contributed by atoms with Gasteiger partial charge in [0.15, 0.2) is 0 Å². The molecule has 0 bridgehead atoms. The van der Waals surface area contributed by atoms with Crippen molar-refractivity contribution in [3.8, 4) is 5.75 Å². The molecular weight excluding hydrogens is 516 g/mol. The number of ether oxygens (including phenoxy) is 1. The Bertz CT molecular complexity index is 1580. The Morgan fingerprint density at radius 3 is 2.45 bits per heavy atom. The molecule has 0 aliphatic carbocycles. The highest BCUT2D eigenvalue weighted by atomic mass is 32.2. The molecule has 0 saturated carbocycles. The molecule has 208 valence electrons. The van der Waals surface area contributed by atoms with Gasteiger partial charge in [-0.3, -0.25) is 0 Å². The zero-order valence-electron chi connectivity index (χ0n) is 24.1. The molecule has 40 heavy (non-hydrogen) atoms. The van der Waals surface area contributed by atoms with E-state index in [2.05, 4.69) is 91.9 Å². The maximum Gasteiger partial charge on any atom is 0.340 e. The number of rotatable bonds is 8. The quantitative estimate of drug-likeness (QED) is 0.180. The minimum absolute atomic E-state index is 0.204. The first-order chi connectivity index (χ1) is 19.2. The van der Waals surface area contributed by atoms with Crippen molar-refractivity contribution in [2.24, 2.45) is 0 Å². The van der Waals surface area contributed by atoms with Gasteiger partial charge < -0.3 is 19.3 Å². The van der Waals surface area contributed by atoms with Crippen LogP contribution in [0.5, 0.6) is 5.75 Å². The van der Waals surface area contributed by atoms with Crippen LogP contribution in [0, 0.1) is 20.8 Å². The van der Waals surface area contributed by atoms with E-state index in [1.807, 2.05) is 6.92 Å². The van der Waals surface area contributed by atoms with Crippen molar-refractivity contribution in [2.75, 3.05) is 26.7 Å². The van der Waals surface area contributed by atoms with Crippen molar-refractivity contribution >= 4 is 34.2 Å². The Balaban J connectivity index is 1.70. The molecule has 1 aliphatic rings. The lowest BCUT2D eigenvalue weighted by Crippen LogP contribution is -2.23. The molecule has 5 nitrogen and oxygen atoms in total. The third kappa shape index (κ3) is 5.84. The van der Waals surface area contributed by atoms with Gasteiger partial charge in [-0.05, 0) is 76.1 Å². The number of nitrogens with zero attached hydrogens (tertiary/aromatic N) is 2. The summed E-state index contributed by atoms with van der Waals surface area (Å²) in [7, 11) is 2.11. The number of esters is 1. The average Bonchev–Trinajstić information content (AvgIpc) is 3.21. The van der Waals surface area contributed by atoms with E-state index in [1.54, 1.807) is 17.8 Å². The first-order valence-corrected chi connectivity index (χ1v) is 14.9. The number of phenols is 1. The number of aromatic nitrogens is 1. The standard InChI is InChI=1S/C34H38N2O3S/c1-6-39-34(38)33-28-19-31(37)27(26-13-15-35(5)16-14-26)18-29(28)36(20-25-10-7-22(2)8-11-25)30(33)21-40-32-12-9-23(3)17-24(32)4/h7-13,17-19,37H,6,14-16,20-21H2,1-5H3. The van der Waals surface area contributed by atoms with Crippen molar-refractivity contribution in [1.82, 2.24) is 9.47 Å². The van der Waals surface area contributed by atoms with E-state index in [-0.39, 0.29) is 18.3 Å². The Kier molecular flexibility index (Phi) is 8.38. The van der Waals surface area contributed by atoms with Crippen molar-refractivity contribution < 1.29 is 14.6 Å². The molecule has 0 radical (unpaired) electrons. The number of carbonyl (C=O) groups is 1. The molecular formula is C34H38N2O3S. The normalized spacial score (nSPS) is 14.0. The smallest absolute Gasteiger partial charge is 0.340 e. The number of thioether (sulfide) groups is 1. The number of carbonyl (C=O) groups excluding carboxylic acids is 1. The molecule has 0 unspecified atom stereocenters. The summed E-state index contributed by atoms with van der Waals surface area (Å²) in [5.74, 6) is 0.453. The molecule has 0 atom stereocenters. The van der Waals surface area contributed by atoms with Gasteiger partial charge in [-0.15, -0.1) is 11.8 Å². The van der Waals surface area contributed by atoms with Gasteiger partial charge in [0, 0.05) is 46.9 Å². The van der Waals surface area contributed by atoms with Crippen molar-refractivity contribution in [2.45, 2.75) is 51.3 Å². The number of likely N-dealkylation sites (N-methyl/N-ethyl adjacent to an activating group) is 1. The lowest BCUT2D eigenvalue weighted by Gasteiger charge is -2.22. The zero-order valence-corrected chi connectivity index (χ0v) is 24.9. The lowest BCUT2D eigenvalue weighted by atomic mass is 9.97. The van der Waals surface area contributed by atoms with E-state index < -0.39 is 0 Å². The largest absolute Gasteiger partial charge is 0.507 e. The molecule has 5 rings (SSSR count). The Hall–Kier alpha value is -3.48. The van der Waals surface area contributed by atoms with E-state index in [0.717, 1.165) is 52.8 Å². The minimum Gasteiger partial charge on any atom is -0.507 e. The highest BCUT2D eigenvalue weighted by Crippen LogP contribution is 2.39. The molecule has 1 aliphatic heterocycles. The third-order valence-corrected chi connectivity index (χ3v) is 8.87. The molecule has 6 heteroatoms. The summed E-state index contributed by atoms with van der Waals surface area (Å²) in [4.78, 5) is 17.0. The topological polar surface area (TPSA) is 54.7 Å². The van der Waals surface area contributed by atoms with Gasteiger partial charge >= 0.3 is 5.97 Å². The molecule has 3 aromatic carbocycles. The number of aromatic hydroxyl groups is 1. The van der Waals surface area contributed by atoms with Crippen molar-refractivity contribution in [1.29, 1.82) is 0 Å². The summed E-state index contributed by atoms with van der Waals surface area (Å²) >= 11 is 1.73. The van der Waals surface area contributed by atoms with Gasteiger partial charge in [-0.25, -0.2) is 4.79 Å². The second kappa shape index (κ2) is 11.9. The average molecular weight is 555 g/mol. The maximum atomic E-state index is 13.5. The van der Waals surface area contributed by atoms with E-state index in [4.69, 9.17) is 4.74 Å². The highest BCUT2D eigenvalue weighted by molar-refractivity contribution is 7.98. The number of phenolic OH excluding ortho intramolecular Hbond substituents is 1. The number of aryl methyl sites for hydroxylation is 3. The second-order valence-corrected chi connectivity index (χ2v) is 11.8. The Morgan fingerprint density at radius 2 is 1.77 bits per heavy atom. The van der Waals surface area contributed by atoms with Crippen LogP contribution in [0.4, 0.5) is 0 Å². The second-order valence-electron chi connectivity index (χ2n) is 10.8. The Labute approximate surface area is 241 Å². The summed E-state index contributed by atoms with van der Waals surface area (Å²) < 4.78 is 7.84. The van der Waals surface area contributed by atoms with Gasteiger partial charge in [0.2, 0.25) is 0 Å². The molecule has 4 aromatic rings. The van der Waals surface area contributed by atoms with Crippen LogP contribution >= 0.6 is 11.8 Å². The first-order valence-electron chi connectivity index (χ1n) is 13.9. The molecule has 0 spiro atoms. The van der Waals surface area contributed by atoms with Crippen LogP contribution in [0.2, 0.25) is 0 Å².